The average molecular weight is 521 g/mol. The largest absolute Gasteiger partial charge is 0.469 e. The van der Waals surface area contributed by atoms with Gasteiger partial charge in [0.2, 0.25) is 0 Å². The summed E-state index contributed by atoms with van der Waals surface area (Å²) in [7, 11) is 1.50. The van der Waals surface area contributed by atoms with Gasteiger partial charge in [-0.15, -0.1) is 0 Å². The molecule has 0 spiro atoms. The zero-order valence-corrected chi connectivity index (χ0v) is 23.5. The predicted octanol–water partition coefficient (Wildman–Crippen LogP) is 2.96. The van der Waals surface area contributed by atoms with Crippen LogP contribution in [0.15, 0.2) is 11.6 Å². The lowest BCUT2D eigenvalue weighted by atomic mass is 9.33. The molecule has 4 fully saturated rings. The number of ether oxygens (including phenoxy) is 1. The van der Waals surface area contributed by atoms with Crippen LogP contribution in [0.3, 0.4) is 0 Å². The van der Waals surface area contributed by atoms with Crippen molar-refractivity contribution >= 4 is 5.97 Å². The Bertz CT molecular complexity index is 992. The number of hydrogen-bond acceptors (Lipinski definition) is 7. The second-order valence-corrected chi connectivity index (χ2v) is 14.9. The van der Waals surface area contributed by atoms with Crippen molar-refractivity contribution in [2.24, 2.45) is 44.8 Å². The summed E-state index contributed by atoms with van der Waals surface area (Å²) < 4.78 is 5.41. The highest BCUT2D eigenvalue weighted by Gasteiger charge is 2.73. The summed E-state index contributed by atoms with van der Waals surface area (Å²) in [5.74, 6) is -0.761. The number of methoxy groups -OCH3 is 1. The summed E-state index contributed by atoms with van der Waals surface area (Å²) in [6.45, 7) is 10.4. The minimum atomic E-state index is -1.97. The van der Waals surface area contributed by atoms with Gasteiger partial charge in [-0.3, -0.25) is 4.79 Å². The highest BCUT2D eigenvalue weighted by atomic mass is 16.5. The third-order valence-electron chi connectivity index (χ3n) is 12.8. The number of carbonyl (C=O) groups excluding carboxylic acids is 1. The fourth-order valence-electron chi connectivity index (χ4n) is 10.7. The molecule has 0 heterocycles. The molecule has 7 heteroatoms. The number of esters is 1. The molecule has 0 aromatic heterocycles. The lowest BCUT2D eigenvalue weighted by Crippen LogP contribution is -2.74. The van der Waals surface area contributed by atoms with Crippen molar-refractivity contribution in [2.45, 2.75) is 110 Å². The molecule has 5 rings (SSSR count). The van der Waals surface area contributed by atoms with E-state index in [1.165, 1.54) is 12.7 Å². The van der Waals surface area contributed by atoms with E-state index in [9.17, 15) is 30.3 Å². The fraction of sp³-hybridized carbons (Fsp3) is 0.900. The zero-order valence-electron chi connectivity index (χ0n) is 23.5. The molecule has 5 N–H and O–H groups in total. The van der Waals surface area contributed by atoms with Gasteiger partial charge in [-0.2, -0.15) is 0 Å². The van der Waals surface area contributed by atoms with Gasteiger partial charge < -0.3 is 30.3 Å². The van der Waals surface area contributed by atoms with E-state index in [1.807, 2.05) is 6.92 Å². The molecule has 4 saturated carbocycles. The second kappa shape index (κ2) is 8.26. The van der Waals surface area contributed by atoms with Crippen LogP contribution in [0.1, 0.15) is 86.0 Å². The summed E-state index contributed by atoms with van der Waals surface area (Å²) >= 11 is 0. The maximum atomic E-state index is 13.3. The summed E-state index contributed by atoms with van der Waals surface area (Å²) in [5, 5.41) is 54.9. The summed E-state index contributed by atoms with van der Waals surface area (Å²) in [6.07, 6.45) is 4.35. The number of aliphatic hydroxyl groups excluding tert-OH is 4. The Balaban J connectivity index is 1.64. The van der Waals surface area contributed by atoms with Gasteiger partial charge in [0.05, 0.1) is 31.3 Å². The van der Waals surface area contributed by atoms with Crippen LogP contribution in [0.2, 0.25) is 0 Å². The monoisotopic (exact) mass is 520 g/mol. The molecule has 7 nitrogen and oxygen atoms in total. The minimum absolute atomic E-state index is 0.0182. The highest BCUT2D eigenvalue weighted by Crippen LogP contribution is 2.75. The molecule has 0 radical (unpaired) electrons. The maximum absolute atomic E-state index is 13.3. The van der Waals surface area contributed by atoms with Crippen LogP contribution >= 0.6 is 0 Å². The number of carbonyl (C=O) groups is 1. The Hall–Kier alpha value is -0.990. The van der Waals surface area contributed by atoms with Crippen molar-refractivity contribution in [2.75, 3.05) is 13.7 Å². The third-order valence-corrected chi connectivity index (χ3v) is 12.8. The first-order chi connectivity index (χ1) is 17.1. The van der Waals surface area contributed by atoms with Crippen LogP contribution in [0.4, 0.5) is 0 Å². The number of rotatable bonds is 2. The molecule has 0 amide bonds. The van der Waals surface area contributed by atoms with Gasteiger partial charge in [-0.25, -0.2) is 0 Å². The van der Waals surface area contributed by atoms with E-state index in [0.717, 1.165) is 32.1 Å². The van der Waals surface area contributed by atoms with Crippen LogP contribution < -0.4 is 0 Å². The van der Waals surface area contributed by atoms with Crippen LogP contribution in [0, 0.1) is 44.8 Å². The van der Waals surface area contributed by atoms with Gasteiger partial charge in [0.25, 0.3) is 0 Å². The van der Waals surface area contributed by atoms with E-state index in [-0.39, 0.29) is 40.5 Å². The molecule has 0 saturated heterocycles. The van der Waals surface area contributed by atoms with Gasteiger partial charge in [0.15, 0.2) is 0 Å². The molecule has 5 aliphatic carbocycles. The van der Waals surface area contributed by atoms with E-state index in [4.69, 9.17) is 4.74 Å². The SMILES string of the molecule is COC(=O)C12CCC(C)(C)CC1C1=CCC3C4(C)CC(O)C(O)C(O)(CO)C4C(O)CC3(C)C1(C)CC2. The maximum Gasteiger partial charge on any atom is 0.312 e. The van der Waals surface area contributed by atoms with Gasteiger partial charge in [0, 0.05) is 5.92 Å². The van der Waals surface area contributed by atoms with Crippen molar-refractivity contribution in [1.29, 1.82) is 0 Å². The van der Waals surface area contributed by atoms with Crippen molar-refractivity contribution in [3.8, 4) is 0 Å². The van der Waals surface area contributed by atoms with Gasteiger partial charge in [-0.1, -0.05) is 46.3 Å². The molecule has 37 heavy (non-hydrogen) atoms. The molecule has 11 atom stereocenters. The number of hydrogen-bond donors (Lipinski definition) is 5. The lowest BCUT2D eigenvalue weighted by molar-refractivity contribution is -0.299. The number of aliphatic hydroxyl groups is 5. The first-order valence-corrected chi connectivity index (χ1v) is 14.2. The minimum Gasteiger partial charge on any atom is -0.469 e. The predicted molar refractivity (Wildman–Crippen MR) is 138 cm³/mol. The molecule has 5 aliphatic rings. The highest BCUT2D eigenvalue weighted by molar-refractivity contribution is 5.78. The van der Waals surface area contributed by atoms with Crippen LogP contribution in [0.25, 0.3) is 0 Å². The van der Waals surface area contributed by atoms with E-state index < -0.39 is 47.3 Å². The Kier molecular flexibility index (Phi) is 6.16. The Morgan fingerprint density at radius 1 is 0.973 bits per heavy atom. The smallest absolute Gasteiger partial charge is 0.312 e. The first kappa shape index (κ1) is 27.6. The molecule has 0 aliphatic heterocycles. The Morgan fingerprint density at radius 3 is 2.24 bits per heavy atom. The molecule has 0 aromatic carbocycles. The zero-order chi connectivity index (χ0) is 27.4. The summed E-state index contributed by atoms with van der Waals surface area (Å²) in [6, 6.07) is 0. The van der Waals surface area contributed by atoms with Crippen LogP contribution in [-0.2, 0) is 9.53 Å². The third kappa shape index (κ3) is 3.33. The molecule has 11 unspecified atom stereocenters. The van der Waals surface area contributed by atoms with E-state index in [1.54, 1.807) is 0 Å². The Morgan fingerprint density at radius 2 is 1.62 bits per heavy atom. The molecular formula is C30H48O7. The molecule has 0 bridgehead atoms. The lowest BCUT2D eigenvalue weighted by Gasteiger charge is -2.72. The standard InChI is InChI=1S/C30H48O7/c1-25(2)9-11-29(24(35)37-6)12-10-27(4)17(18(29)13-25)7-8-21-26(3)14-20(33)23(34)30(36,16-31)22(26)19(32)15-28(21,27)5/h7,18-23,31-34,36H,8-16H2,1-6H3. The second-order valence-electron chi connectivity index (χ2n) is 14.9. The van der Waals surface area contributed by atoms with E-state index in [2.05, 4.69) is 33.8 Å². The van der Waals surface area contributed by atoms with Gasteiger partial charge >= 0.3 is 5.97 Å². The fourth-order valence-corrected chi connectivity index (χ4v) is 10.7. The molecule has 0 aromatic rings. The molecule has 210 valence electrons. The average Bonchev–Trinajstić information content (AvgIpc) is 2.82. The van der Waals surface area contributed by atoms with E-state index >= 15 is 0 Å². The quantitative estimate of drug-likeness (QED) is 0.280. The van der Waals surface area contributed by atoms with Crippen molar-refractivity contribution < 1.29 is 35.1 Å². The van der Waals surface area contributed by atoms with Crippen LogP contribution in [0.5, 0.6) is 0 Å². The van der Waals surface area contributed by atoms with Crippen molar-refractivity contribution in [3.63, 3.8) is 0 Å². The summed E-state index contributed by atoms with van der Waals surface area (Å²) in [4.78, 5) is 13.3. The van der Waals surface area contributed by atoms with Gasteiger partial charge in [-0.05, 0) is 84.9 Å². The topological polar surface area (TPSA) is 127 Å². The normalized spacial score (nSPS) is 54.6. The summed E-state index contributed by atoms with van der Waals surface area (Å²) in [5.41, 5.74) is -2.39. The van der Waals surface area contributed by atoms with Gasteiger partial charge in [0.1, 0.15) is 11.7 Å². The number of allylic oxidation sites excluding steroid dienone is 2. The van der Waals surface area contributed by atoms with Crippen LogP contribution in [-0.4, -0.2) is 69.1 Å². The van der Waals surface area contributed by atoms with Crippen molar-refractivity contribution in [3.05, 3.63) is 11.6 Å². The molecular weight excluding hydrogens is 472 g/mol. The van der Waals surface area contributed by atoms with Crippen molar-refractivity contribution in [1.82, 2.24) is 0 Å². The Labute approximate surface area is 221 Å². The number of fused-ring (bicyclic) bond motifs is 7. The first-order valence-electron chi connectivity index (χ1n) is 14.2. The van der Waals surface area contributed by atoms with E-state index in [0.29, 0.717) is 12.8 Å².